The highest BCUT2D eigenvalue weighted by molar-refractivity contribution is 6.06. The number of rotatable bonds is 3. The zero-order valence-corrected chi connectivity index (χ0v) is 17.4. The van der Waals surface area contributed by atoms with Gasteiger partial charge in [-0.3, -0.25) is 9.58 Å². The van der Waals surface area contributed by atoms with Gasteiger partial charge in [0.25, 0.3) is 0 Å². The van der Waals surface area contributed by atoms with Gasteiger partial charge < -0.3 is 14.7 Å². The Kier molecular flexibility index (Phi) is 4.67. The standard InChI is InChI=1S/C21H28N4O4/c1-5-24-12-16-17(9-8-15(19(26)27)18(16)22-24)23-10-13-6-7-14(11-23)25(13)20(28)29-21(2,3)4/h8-9,12-14H,5-7,10-11H2,1-4H3,(H,26,27)/t13-,14+. The van der Waals surface area contributed by atoms with Crippen molar-refractivity contribution < 1.29 is 19.4 Å². The summed E-state index contributed by atoms with van der Waals surface area (Å²) in [6, 6.07) is 3.70. The number of benzene rings is 1. The van der Waals surface area contributed by atoms with Crippen LogP contribution in [0.5, 0.6) is 0 Å². The molecule has 0 saturated carbocycles. The number of aromatic nitrogens is 2. The van der Waals surface area contributed by atoms with E-state index < -0.39 is 11.6 Å². The summed E-state index contributed by atoms with van der Waals surface area (Å²) in [6.07, 6.45) is 3.57. The fourth-order valence-corrected chi connectivity index (χ4v) is 4.46. The number of fused-ring (bicyclic) bond motifs is 3. The molecule has 1 aromatic carbocycles. The second-order valence-corrected chi connectivity index (χ2v) is 8.86. The number of hydrogen-bond acceptors (Lipinski definition) is 5. The summed E-state index contributed by atoms with van der Waals surface area (Å²) in [6.45, 7) is 9.71. The van der Waals surface area contributed by atoms with Crippen LogP contribution in [0.2, 0.25) is 0 Å². The molecule has 0 radical (unpaired) electrons. The molecule has 2 fully saturated rings. The van der Waals surface area contributed by atoms with Crippen LogP contribution < -0.4 is 4.90 Å². The molecule has 156 valence electrons. The summed E-state index contributed by atoms with van der Waals surface area (Å²) in [5, 5.41) is 14.8. The van der Waals surface area contributed by atoms with E-state index in [2.05, 4.69) is 10.00 Å². The second kappa shape index (κ2) is 6.93. The Balaban J connectivity index is 1.64. The van der Waals surface area contributed by atoms with Gasteiger partial charge in [-0.15, -0.1) is 0 Å². The van der Waals surface area contributed by atoms with Gasteiger partial charge in [0.1, 0.15) is 11.1 Å². The number of anilines is 1. The van der Waals surface area contributed by atoms with Crippen molar-refractivity contribution in [1.29, 1.82) is 0 Å². The monoisotopic (exact) mass is 400 g/mol. The minimum absolute atomic E-state index is 0.0963. The molecule has 8 heteroatoms. The number of aromatic carboxylic acids is 1. The number of ether oxygens (including phenoxy) is 1. The first-order valence-electron chi connectivity index (χ1n) is 10.2. The predicted octanol–water partition coefficient (Wildman–Crippen LogP) is 3.34. The number of nitrogens with zero attached hydrogens (tertiary/aromatic N) is 4. The number of amides is 1. The average Bonchev–Trinajstić information content (AvgIpc) is 3.18. The fourth-order valence-electron chi connectivity index (χ4n) is 4.46. The number of carbonyl (C=O) groups excluding carboxylic acids is 1. The second-order valence-electron chi connectivity index (χ2n) is 8.86. The van der Waals surface area contributed by atoms with Crippen molar-refractivity contribution in [3.8, 4) is 0 Å². The molecule has 1 N–H and O–H groups in total. The number of hydrogen-bond donors (Lipinski definition) is 1. The fraction of sp³-hybridized carbons (Fsp3) is 0.571. The number of aryl methyl sites for hydroxylation is 1. The summed E-state index contributed by atoms with van der Waals surface area (Å²) in [5.74, 6) is -0.974. The van der Waals surface area contributed by atoms with Gasteiger partial charge in [0.05, 0.1) is 17.6 Å². The van der Waals surface area contributed by atoms with Gasteiger partial charge >= 0.3 is 12.1 Å². The maximum Gasteiger partial charge on any atom is 0.410 e. The van der Waals surface area contributed by atoms with Crippen molar-refractivity contribution in [3.05, 3.63) is 23.9 Å². The van der Waals surface area contributed by atoms with E-state index >= 15 is 0 Å². The molecule has 8 nitrogen and oxygen atoms in total. The summed E-state index contributed by atoms with van der Waals surface area (Å²) in [4.78, 5) is 28.5. The highest BCUT2D eigenvalue weighted by atomic mass is 16.6. The SMILES string of the molecule is CCn1cc2c(N3C[C@H]4CC[C@@H](C3)N4C(=O)OC(C)(C)C)ccc(C(=O)O)c2n1. The Morgan fingerprint density at radius 2 is 1.86 bits per heavy atom. The third-order valence-electron chi connectivity index (χ3n) is 5.68. The molecular weight excluding hydrogens is 372 g/mol. The van der Waals surface area contributed by atoms with Crippen LogP contribution in [-0.4, -0.2) is 62.6 Å². The molecule has 0 aliphatic carbocycles. The van der Waals surface area contributed by atoms with Gasteiger partial charge in [0.2, 0.25) is 0 Å². The van der Waals surface area contributed by atoms with Gasteiger partial charge in [-0.25, -0.2) is 9.59 Å². The predicted molar refractivity (Wildman–Crippen MR) is 109 cm³/mol. The first-order chi connectivity index (χ1) is 13.7. The molecule has 2 bridgehead atoms. The molecule has 0 spiro atoms. The summed E-state index contributed by atoms with van der Waals surface area (Å²) >= 11 is 0. The third kappa shape index (κ3) is 3.52. The Morgan fingerprint density at radius 1 is 1.21 bits per heavy atom. The summed E-state index contributed by atoms with van der Waals surface area (Å²) in [5.41, 5.74) is 1.19. The molecule has 0 unspecified atom stereocenters. The Labute approximate surface area is 170 Å². The van der Waals surface area contributed by atoms with Gasteiger partial charge in [-0.2, -0.15) is 5.10 Å². The van der Waals surface area contributed by atoms with E-state index in [0.717, 1.165) is 23.9 Å². The van der Waals surface area contributed by atoms with Crippen molar-refractivity contribution in [3.63, 3.8) is 0 Å². The molecule has 1 amide bonds. The lowest BCUT2D eigenvalue weighted by Crippen LogP contribution is -2.56. The molecule has 1 aromatic heterocycles. The van der Waals surface area contributed by atoms with Crippen LogP contribution in [0.1, 0.15) is 50.9 Å². The van der Waals surface area contributed by atoms with Crippen molar-refractivity contribution in [1.82, 2.24) is 14.7 Å². The van der Waals surface area contributed by atoms with Crippen LogP contribution in [0.25, 0.3) is 10.9 Å². The van der Waals surface area contributed by atoms with E-state index in [4.69, 9.17) is 4.74 Å². The molecule has 2 aliphatic heterocycles. The zero-order valence-electron chi connectivity index (χ0n) is 17.4. The van der Waals surface area contributed by atoms with E-state index in [1.165, 1.54) is 0 Å². The van der Waals surface area contributed by atoms with Crippen LogP contribution in [0.4, 0.5) is 10.5 Å². The highest BCUT2D eigenvalue weighted by Crippen LogP contribution is 2.37. The number of piperazine rings is 1. The maximum absolute atomic E-state index is 12.7. The van der Waals surface area contributed by atoms with Crippen LogP contribution in [0.3, 0.4) is 0 Å². The van der Waals surface area contributed by atoms with Crippen LogP contribution in [-0.2, 0) is 11.3 Å². The normalized spacial score (nSPS) is 21.7. The Hall–Kier alpha value is -2.77. The van der Waals surface area contributed by atoms with Crippen molar-refractivity contribution >= 4 is 28.7 Å². The third-order valence-corrected chi connectivity index (χ3v) is 5.68. The van der Waals surface area contributed by atoms with E-state index in [9.17, 15) is 14.7 Å². The van der Waals surface area contributed by atoms with Crippen LogP contribution >= 0.6 is 0 Å². The summed E-state index contributed by atoms with van der Waals surface area (Å²) in [7, 11) is 0. The van der Waals surface area contributed by atoms with E-state index in [1.54, 1.807) is 10.7 Å². The Bertz CT molecular complexity index is 947. The summed E-state index contributed by atoms with van der Waals surface area (Å²) < 4.78 is 7.39. The average molecular weight is 400 g/mol. The van der Waals surface area contributed by atoms with Gasteiger partial charge in [-0.1, -0.05) is 0 Å². The number of carboxylic acids is 1. The lowest BCUT2D eigenvalue weighted by Gasteiger charge is -2.42. The molecule has 2 aromatic rings. The van der Waals surface area contributed by atoms with Crippen molar-refractivity contribution in [2.45, 2.75) is 64.8 Å². The minimum Gasteiger partial charge on any atom is -0.478 e. The molecule has 4 rings (SSSR count). The number of carbonyl (C=O) groups is 2. The molecule has 2 atom stereocenters. The van der Waals surface area contributed by atoms with E-state index in [1.807, 2.05) is 44.9 Å². The molecule has 29 heavy (non-hydrogen) atoms. The molecule has 3 heterocycles. The van der Waals surface area contributed by atoms with Gasteiger partial charge in [0, 0.05) is 36.9 Å². The lowest BCUT2D eigenvalue weighted by molar-refractivity contribution is 0.0123. The van der Waals surface area contributed by atoms with Crippen molar-refractivity contribution in [2.75, 3.05) is 18.0 Å². The lowest BCUT2D eigenvalue weighted by atomic mass is 10.1. The molecular formula is C21H28N4O4. The largest absolute Gasteiger partial charge is 0.478 e. The van der Waals surface area contributed by atoms with E-state index in [0.29, 0.717) is 25.2 Å². The minimum atomic E-state index is -0.974. The van der Waals surface area contributed by atoms with Gasteiger partial charge in [-0.05, 0) is 52.7 Å². The Morgan fingerprint density at radius 3 is 2.41 bits per heavy atom. The quantitative estimate of drug-likeness (QED) is 0.850. The van der Waals surface area contributed by atoms with Crippen LogP contribution in [0, 0.1) is 0 Å². The smallest absolute Gasteiger partial charge is 0.410 e. The maximum atomic E-state index is 12.7. The first-order valence-corrected chi connectivity index (χ1v) is 10.2. The highest BCUT2D eigenvalue weighted by Gasteiger charge is 2.44. The molecule has 2 aliphatic rings. The zero-order chi connectivity index (χ0) is 20.9. The van der Waals surface area contributed by atoms with E-state index in [-0.39, 0.29) is 23.7 Å². The number of carboxylic acid groups (broad SMARTS) is 1. The first kappa shape index (κ1) is 19.5. The molecule has 2 saturated heterocycles. The van der Waals surface area contributed by atoms with Crippen molar-refractivity contribution in [2.24, 2.45) is 0 Å². The van der Waals surface area contributed by atoms with Gasteiger partial charge in [0.15, 0.2) is 0 Å². The topological polar surface area (TPSA) is 87.9 Å². The van der Waals surface area contributed by atoms with Crippen LogP contribution in [0.15, 0.2) is 18.3 Å².